The highest BCUT2D eigenvalue weighted by atomic mass is 16.2. The molecule has 0 bridgehead atoms. The first-order valence-electron chi connectivity index (χ1n) is 8.83. The maximum atomic E-state index is 13.0. The Bertz CT molecular complexity index is 1100. The fraction of sp³-hybridized carbons (Fsp3) is 0. The van der Waals surface area contributed by atoms with Crippen molar-refractivity contribution in [1.29, 1.82) is 0 Å². The van der Waals surface area contributed by atoms with Crippen LogP contribution in [0.15, 0.2) is 97.2 Å². The summed E-state index contributed by atoms with van der Waals surface area (Å²) in [6, 6.07) is 27.3. The number of hydrogen-bond donors (Lipinski definition) is 1. The van der Waals surface area contributed by atoms with Gasteiger partial charge in [0.25, 0.3) is 5.91 Å². The number of carbonyl (C=O) groups excluding carboxylic acids is 2. The number of ketones is 1. The van der Waals surface area contributed by atoms with Gasteiger partial charge >= 0.3 is 0 Å². The quantitative estimate of drug-likeness (QED) is 0.533. The molecule has 0 radical (unpaired) electrons. The van der Waals surface area contributed by atoms with Gasteiger partial charge in [0.15, 0.2) is 11.5 Å². The largest absolute Gasteiger partial charge is 0.321 e. The number of benzene rings is 3. The molecular weight excluding hydrogens is 350 g/mol. The highest BCUT2D eigenvalue weighted by Gasteiger charge is 2.23. The van der Waals surface area contributed by atoms with Gasteiger partial charge in [-0.05, 0) is 24.3 Å². The van der Waals surface area contributed by atoms with E-state index in [2.05, 4.69) is 10.4 Å². The topological polar surface area (TPSA) is 64.0 Å². The van der Waals surface area contributed by atoms with Crippen molar-refractivity contribution >= 4 is 17.4 Å². The zero-order chi connectivity index (χ0) is 19.3. The molecule has 3 aromatic carbocycles. The fourth-order valence-electron chi connectivity index (χ4n) is 2.88. The Morgan fingerprint density at radius 1 is 0.750 bits per heavy atom. The second-order valence-corrected chi connectivity index (χ2v) is 6.19. The summed E-state index contributed by atoms with van der Waals surface area (Å²) in [6.07, 6.45) is 1.60. The van der Waals surface area contributed by atoms with Gasteiger partial charge in [-0.3, -0.25) is 9.59 Å². The van der Waals surface area contributed by atoms with E-state index < -0.39 is 5.91 Å². The molecule has 4 rings (SSSR count). The molecule has 1 heterocycles. The first kappa shape index (κ1) is 17.4. The van der Waals surface area contributed by atoms with Crippen LogP contribution in [-0.2, 0) is 0 Å². The van der Waals surface area contributed by atoms with Crippen molar-refractivity contribution in [3.8, 4) is 5.69 Å². The smallest absolute Gasteiger partial charge is 0.276 e. The minimum Gasteiger partial charge on any atom is -0.321 e. The second-order valence-electron chi connectivity index (χ2n) is 6.19. The Balaban J connectivity index is 1.76. The molecule has 0 saturated heterocycles. The minimum atomic E-state index is -0.430. The second kappa shape index (κ2) is 7.72. The van der Waals surface area contributed by atoms with Gasteiger partial charge in [0.05, 0.1) is 11.3 Å². The SMILES string of the molecule is O=C(c1ccccc1)c1cn(-c2ccccc2)nc1C(=O)Nc1ccccc1. The molecule has 0 atom stereocenters. The summed E-state index contributed by atoms with van der Waals surface area (Å²) >= 11 is 0. The monoisotopic (exact) mass is 367 g/mol. The predicted molar refractivity (Wildman–Crippen MR) is 108 cm³/mol. The lowest BCUT2D eigenvalue weighted by atomic mass is 10.0. The van der Waals surface area contributed by atoms with Crippen molar-refractivity contribution in [2.24, 2.45) is 0 Å². The molecule has 5 nitrogen and oxygen atoms in total. The van der Waals surface area contributed by atoms with E-state index in [9.17, 15) is 9.59 Å². The molecule has 0 unspecified atom stereocenters. The summed E-state index contributed by atoms with van der Waals surface area (Å²) < 4.78 is 1.55. The van der Waals surface area contributed by atoms with Crippen molar-refractivity contribution < 1.29 is 9.59 Å². The van der Waals surface area contributed by atoms with Crippen LogP contribution in [0.3, 0.4) is 0 Å². The van der Waals surface area contributed by atoms with Crippen molar-refractivity contribution in [1.82, 2.24) is 9.78 Å². The molecule has 1 amide bonds. The molecular formula is C23H17N3O2. The fourth-order valence-corrected chi connectivity index (χ4v) is 2.88. The van der Waals surface area contributed by atoms with Crippen molar-refractivity contribution in [3.05, 3.63) is 114 Å². The van der Waals surface area contributed by atoms with Crippen LogP contribution in [0.2, 0.25) is 0 Å². The van der Waals surface area contributed by atoms with E-state index >= 15 is 0 Å². The zero-order valence-corrected chi connectivity index (χ0v) is 14.9. The zero-order valence-electron chi connectivity index (χ0n) is 14.9. The summed E-state index contributed by atoms with van der Waals surface area (Å²) in [7, 11) is 0. The van der Waals surface area contributed by atoms with Crippen molar-refractivity contribution in [2.45, 2.75) is 0 Å². The molecule has 1 N–H and O–H groups in total. The number of para-hydroxylation sites is 2. The maximum Gasteiger partial charge on any atom is 0.276 e. The molecule has 0 saturated carbocycles. The summed E-state index contributed by atoms with van der Waals surface area (Å²) in [6.45, 7) is 0. The lowest BCUT2D eigenvalue weighted by molar-refractivity contribution is 0.0993. The van der Waals surface area contributed by atoms with Gasteiger partial charge < -0.3 is 5.32 Å². The Labute approximate surface area is 162 Å². The summed E-state index contributed by atoms with van der Waals surface area (Å²) in [4.78, 5) is 25.9. The van der Waals surface area contributed by atoms with E-state index in [-0.39, 0.29) is 17.0 Å². The number of aromatic nitrogens is 2. The molecule has 4 aromatic rings. The van der Waals surface area contributed by atoms with Crippen molar-refractivity contribution in [2.75, 3.05) is 5.32 Å². The molecule has 0 fully saturated rings. The number of nitrogens with zero attached hydrogens (tertiary/aromatic N) is 2. The first-order chi connectivity index (χ1) is 13.7. The third kappa shape index (κ3) is 3.59. The molecule has 5 heteroatoms. The third-order valence-electron chi connectivity index (χ3n) is 4.26. The molecule has 0 aliphatic heterocycles. The summed E-state index contributed by atoms with van der Waals surface area (Å²) in [5.74, 6) is -0.679. The minimum absolute atomic E-state index is 0.0848. The molecule has 1 aromatic heterocycles. The van der Waals surface area contributed by atoms with Gasteiger partial charge in [0.1, 0.15) is 0 Å². The Morgan fingerprint density at radius 3 is 1.96 bits per heavy atom. The van der Waals surface area contributed by atoms with E-state index in [1.54, 1.807) is 47.3 Å². The van der Waals surface area contributed by atoms with Crippen LogP contribution in [0, 0.1) is 0 Å². The van der Waals surface area contributed by atoms with Gasteiger partial charge in [-0.25, -0.2) is 4.68 Å². The standard InChI is InChI=1S/C23H17N3O2/c27-22(17-10-4-1-5-11-17)20-16-26(19-14-8-3-9-15-19)25-21(20)23(28)24-18-12-6-2-7-13-18/h1-16H,(H,24,28). The average molecular weight is 367 g/mol. The van der Waals surface area contributed by atoms with E-state index in [0.717, 1.165) is 5.69 Å². The highest BCUT2D eigenvalue weighted by Crippen LogP contribution is 2.18. The van der Waals surface area contributed by atoms with Gasteiger partial charge in [-0.15, -0.1) is 0 Å². The van der Waals surface area contributed by atoms with Crippen LogP contribution in [0.1, 0.15) is 26.4 Å². The number of amides is 1. The summed E-state index contributed by atoms with van der Waals surface area (Å²) in [5, 5.41) is 7.21. The van der Waals surface area contributed by atoms with Crippen LogP contribution >= 0.6 is 0 Å². The van der Waals surface area contributed by atoms with Gasteiger partial charge in [0.2, 0.25) is 0 Å². The van der Waals surface area contributed by atoms with Crippen LogP contribution in [0.5, 0.6) is 0 Å². The van der Waals surface area contributed by atoms with E-state index in [1.165, 1.54) is 0 Å². The number of nitrogens with one attached hydrogen (secondary N) is 1. The van der Waals surface area contributed by atoms with E-state index in [1.807, 2.05) is 54.6 Å². The Kier molecular flexibility index (Phi) is 4.80. The lowest BCUT2D eigenvalue weighted by Crippen LogP contribution is -2.16. The Hall–Kier alpha value is -3.99. The number of rotatable bonds is 5. The average Bonchev–Trinajstić information content (AvgIpc) is 3.21. The van der Waals surface area contributed by atoms with Crippen LogP contribution < -0.4 is 5.32 Å². The predicted octanol–water partition coefficient (Wildman–Crippen LogP) is 4.36. The first-order valence-corrected chi connectivity index (χ1v) is 8.83. The molecule has 28 heavy (non-hydrogen) atoms. The van der Waals surface area contributed by atoms with Crippen LogP contribution in [0.25, 0.3) is 5.69 Å². The highest BCUT2D eigenvalue weighted by molar-refractivity contribution is 6.16. The van der Waals surface area contributed by atoms with Crippen molar-refractivity contribution in [3.63, 3.8) is 0 Å². The molecule has 0 spiro atoms. The molecule has 0 aliphatic carbocycles. The van der Waals surface area contributed by atoms with E-state index in [4.69, 9.17) is 0 Å². The molecule has 0 aliphatic rings. The number of anilines is 1. The van der Waals surface area contributed by atoms with Gasteiger partial charge in [0, 0.05) is 17.4 Å². The maximum absolute atomic E-state index is 13.0. The lowest BCUT2D eigenvalue weighted by Gasteiger charge is -2.04. The Morgan fingerprint density at radius 2 is 1.32 bits per heavy atom. The summed E-state index contributed by atoms with van der Waals surface area (Å²) in [5.41, 5.74) is 2.25. The van der Waals surface area contributed by atoms with Gasteiger partial charge in [-0.2, -0.15) is 5.10 Å². The number of carbonyl (C=O) groups is 2. The third-order valence-corrected chi connectivity index (χ3v) is 4.26. The van der Waals surface area contributed by atoms with E-state index in [0.29, 0.717) is 11.3 Å². The van der Waals surface area contributed by atoms with Gasteiger partial charge in [-0.1, -0.05) is 66.7 Å². The normalized spacial score (nSPS) is 10.4. The van der Waals surface area contributed by atoms with Crippen LogP contribution in [-0.4, -0.2) is 21.5 Å². The number of hydrogen-bond acceptors (Lipinski definition) is 3. The molecule has 136 valence electrons. The van der Waals surface area contributed by atoms with Crippen LogP contribution in [0.4, 0.5) is 5.69 Å².